The minimum atomic E-state index is 0.968. The molecule has 0 N–H and O–H groups in total. The molecule has 2 aliphatic heterocycles. The van der Waals surface area contributed by atoms with Crippen molar-refractivity contribution in [3.8, 4) is 0 Å². The van der Waals surface area contributed by atoms with Gasteiger partial charge in [0.1, 0.15) is 0 Å². The minimum Gasteiger partial charge on any atom is -0.321 e. The lowest BCUT2D eigenvalue weighted by Gasteiger charge is -2.38. The van der Waals surface area contributed by atoms with Crippen LogP contribution in [0.2, 0.25) is 0 Å². The first-order valence-corrected chi connectivity index (χ1v) is 5.69. The van der Waals surface area contributed by atoms with E-state index in [-0.39, 0.29) is 0 Å². The van der Waals surface area contributed by atoms with E-state index in [1.54, 1.807) is 0 Å². The minimum absolute atomic E-state index is 0.968. The van der Waals surface area contributed by atoms with Crippen LogP contribution >= 0.6 is 0 Å². The summed E-state index contributed by atoms with van der Waals surface area (Å²) in [6, 6.07) is 0.968. The van der Waals surface area contributed by atoms with Crippen molar-refractivity contribution in [3.63, 3.8) is 0 Å². The predicted molar refractivity (Wildman–Crippen MR) is 52.0 cm³/mol. The van der Waals surface area contributed by atoms with Crippen molar-refractivity contribution in [2.75, 3.05) is 19.6 Å². The quantitative estimate of drug-likeness (QED) is 0.488. The zero-order chi connectivity index (χ0) is 8.44. The zero-order valence-electron chi connectivity index (χ0n) is 8.39. The van der Waals surface area contributed by atoms with E-state index in [0.29, 0.717) is 0 Å². The molecule has 2 heterocycles. The van der Waals surface area contributed by atoms with Crippen molar-refractivity contribution in [2.45, 2.75) is 51.5 Å². The molecule has 2 saturated heterocycles. The maximum absolute atomic E-state index is 2.48. The average molecular weight is 168 g/mol. The normalized spacial score (nSPS) is 35.2. The Morgan fingerprint density at radius 1 is 0.833 bits per heavy atom. The van der Waals surface area contributed by atoms with E-state index in [0.717, 1.165) is 6.04 Å². The highest BCUT2D eigenvalue weighted by atomic mass is 15.4. The van der Waals surface area contributed by atoms with Crippen LogP contribution in [0.15, 0.2) is 0 Å². The van der Waals surface area contributed by atoms with Gasteiger partial charge in [-0.1, -0.05) is 0 Å². The molecule has 70 valence electrons. The molecule has 1 heteroatoms. The molecule has 0 aromatic rings. The lowest BCUT2D eigenvalue weighted by Crippen LogP contribution is -2.51. The molecule has 2 fully saturated rings. The van der Waals surface area contributed by atoms with Gasteiger partial charge in [-0.3, -0.25) is 0 Å². The fourth-order valence-corrected chi connectivity index (χ4v) is 3.17. The second kappa shape index (κ2) is 3.37. The van der Waals surface area contributed by atoms with E-state index in [2.05, 4.69) is 6.92 Å². The van der Waals surface area contributed by atoms with E-state index < -0.39 is 0 Å². The summed E-state index contributed by atoms with van der Waals surface area (Å²) in [6.45, 7) is 6.94. The molecule has 1 atom stereocenters. The van der Waals surface area contributed by atoms with E-state index in [4.69, 9.17) is 0 Å². The van der Waals surface area contributed by atoms with Gasteiger partial charge >= 0.3 is 0 Å². The van der Waals surface area contributed by atoms with Crippen LogP contribution in [0, 0.1) is 0 Å². The molecule has 1 nitrogen and oxygen atoms in total. The highest BCUT2D eigenvalue weighted by Gasteiger charge is 2.37. The van der Waals surface area contributed by atoms with Gasteiger partial charge < -0.3 is 4.48 Å². The number of hydrogen-bond donors (Lipinski definition) is 0. The summed E-state index contributed by atoms with van der Waals surface area (Å²) in [5, 5.41) is 0. The van der Waals surface area contributed by atoms with Gasteiger partial charge in [-0.25, -0.2) is 0 Å². The predicted octanol–water partition coefficient (Wildman–Crippen LogP) is 2.56. The molecule has 1 unspecified atom stereocenters. The van der Waals surface area contributed by atoms with Gasteiger partial charge in [-0.05, 0) is 32.6 Å². The molecule has 0 saturated carbocycles. The van der Waals surface area contributed by atoms with Crippen molar-refractivity contribution >= 4 is 0 Å². The molecule has 2 rings (SSSR count). The first kappa shape index (κ1) is 8.55. The maximum atomic E-state index is 2.48. The van der Waals surface area contributed by atoms with Crippen molar-refractivity contribution in [2.24, 2.45) is 0 Å². The van der Waals surface area contributed by atoms with Crippen molar-refractivity contribution in [1.82, 2.24) is 0 Å². The summed E-state index contributed by atoms with van der Waals surface area (Å²) in [5.74, 6) is 0. The summed E-state index contributed by atoms with van der Waals surface area (Å²) in [7, 11) is 0. The first-order valence-electron chi connectivity index (χ1n) is 5.69. The number of nitrogens with zero attached hydrogens (tertiary/aromatic N) is 1. The van der Waals surface area contributed by atoms with Gasteiger partial charge in [0.15, 0.2) is 0 Å². The molecule has 0 bridgehead atoms. The molecule has 12 heavy (non-hydrogen) atoms. The second-order valence-corrected chi connectivity index (χ2v) is 4.79. The molecule has 0 aromatic carbocycles. The standard InChI is InChI=1S/C11H22N/c1-11-7-3-2-4-8-12(11)9-5-6-10-12/h11H,2-10H2,1H3/q+1. The van der Waals surface area contributed by atoms with Gasteiger partial charge in [0, 0.05) is 12.8 Å². The SMILES string of the molecule is CC1CCCCC[N+]12CCCC2. The van der Waals surface area contributed by atoms with Gasteiger partial charge in [-0.2, -0.15) is 0 Å². The Labute approximate surface area is 76.3 Å². The highest BCUT2D eigenvalue weighted by molar-refractivity contribution is 4.65. The van der Waals surface area contributed by atoms with Crippen LogP contribution in [0.4, 0.5) is 0 Å². The van der Waals surface area contributed by atoms with E-state index in [1.807, 2.05) is 0 Å². The molecule has 0 amide bonds. The first-order chi connectivity index (χ1) is 5.83. The Balaban J connectivity index is 2.08. The van der Waals surface area contributed by atoms with Gasteiger partial charge in [-0.15, -0.1) is 0 Å². The molecule has 0 aromatic heterocycles. The number of hydrogen-bond acceptors (Lipinski definition) is 0. The van der Waals surface area contributed by atoms with Crippen LogP contribution in [-0.2, 0) is 0 Å². The molecular formula is C11H22N+. The highest BCUT2D eigenvalue weighted by Crippen LogP contribution is 2.30. The van der Waals surface area contributed by atoms with Crippen LogP contribution < -0.4 is 0 Å². The summed E-state index contributed by atoms with van der Waals surface area (Å²) in [4.78, 5) is 0. The van der Waals surface area contributed by atoms with Gasteiger partial charge in [0.05, 0.1) is 25.7 Å². The fourth-order valence-electron chi connectivity index (χ4n) is 3.17. The van der Waals surface area contributed by atoms with E-state index in [1.165, 1.54) is 62.6 Å². The van der Waals surface area contributed by atoms with Crippen LogP contribution in [0.3, 0.4) is 0 Å². The Hall–Kier alpha value is -0.0400. The lowest BCUT2D eigenvalue weighted by atomic mass is 10.1. The van der Waals surface area contributed by atoms with E-state index in [9.17, 15) is 0 Å². The molecule has 0 aliphatic carbocycles. The van der Waals surface area contributed by atoms with Crippen LogP contribution in [0.1, 0.15) is 45.4 Å². The van der Waals surface area contributed by atoms with E-state index >= 15 is 0 Å². The van der Waals surface area contributed by atoms with Gasteiger partial charge in [0.25, 0.3) is 0 Å². The smallest absolute Gasteiger partial charge is 0.0861 e. The second-order valence-electron chi connectivity index (χ2n) is 4.79. The largest absolute Gasteiger partial charge is 0.321 e. The Kier molecular flexibility index (Phi) is 2.40. The third-order valence-electron chi connectivity index (χ3n) is 4.12. The molecule has 1 spiro atoms. The average Bonchev–Trinajstić information content (AvgIpc) is 2.45. The van der Waals surface area contributed by atoms with Crippen LogP contribution in [-0.4, -0.2) is 30.2 Å². The maximum Gasteiger partial charge on any atom is 0.0861 e. The van der Waals surface area contributed by atoms with Crippen LogP contribution in [0.5, 0.6) is 0 Å². The zero-order valence-corrected chi connectivity index (χ0v) is 8.39. The molecular weight excluding hydrogens is 146 g/mol. The van der Waals surface area contributed by atoms with Crippen molar-refractivity contribution in [1.29, 1.82) is 0 Å². The Morgan fingerprint density at radius 3 is 2.08 bits per heavy atom. The Morgan fingerprint density at radius 2 is 1.42 bits per heavy atom. The van der Waals surface area contributed by atoms with Crippen molar-refractivity contribution < 1.29 is 4.48 Å². The van der Waals surface area contributed by atoms with Crippen LogP contribution in [0.25, 0.3) is 0 Å². The van der Waals surface area contributed by atoms with Gasteiger partial charge in [0.2, 0.25) is 0 Å². The van der Waals surface area contributed by atoms with Crippen molar-refractivity contribution in [3.05, 3.63) is 0 Å². The summed E-state index contributed by atoms with van der Waals surface area (Å²) >= 11 is 0. The topological polar surface area (TPSA) is 0 Å². The third kappa shape index (κ3) is 1.39. The number of rotatable bonds is 0. The number of quaternary nitrogens is 1. The summed E-state index contributed by atoms with van der Waals surface area (Å²) in [5.41, 5.74) is 0. The molecule has 2 aliphatic rings. The lowest BCUT2D eigenvalue weighted by molar-refractivity contribution is -0.937. The summed E-state index contributed by atoms with van der Waals surface area (Å²) < 4.78 is 1.49. The monoisotopic (exact) mass is 168 g/mol. The fraction of sp³-hybridized carbons (Fsp3) is 1.00. The molecule has 0 radical (unpaired) electrons. The third-order valence-corrected chi connectivity index (χ3v) is 4.12. The summed E-state index contributed by atoms with van der Waals surface area (Å²) in [6.07, 6.45) is 8.94. The Bertz CT molecular complexity index is 147.